The lowest BCUT2D eigenvalue weighted by atomic mass is 10.1. The van der Waals surface area contributed by atoms with Gasteiger partial charge in [-0.15, -0.1) is 0 Å². The number of benzene rings is 1. The molecule has 1 rings (SSSR count). The Morgan fingerprint density at radius 3 is 2.43 bits per heavy atom. The van der Waals surface area contributed by atoms with Crippen LogP contribution in [0, 0.1) is 0 Å². The number of aliphatic hydroxyl groups is 2. The Morgan fingerprint density at radius 2 is 1.90 bits per heavy atom. The summed E-state index contributed by atoms with van der Waals surface area (Å²) >= 11 is 0. The molecule has 0 aromatic heterocycles. The van der Waals surface area contributed by atoms with E-state index >= 15 is 0 Å². The fourth-order valence-electron chi connectivity index (χ4n) is 1.94. The van der Waals surface area contributed by atoms with Crippen molar-refractivity contribution in [2.45, 2.75) is 45.5 Å². The van der Waals surface area contributed by atoms with Crippen LogP contribution in [0.15, 0.2) is 35.9 Å². The molecule has 0 saturated heterocycles. The van der Waals surface area contributed by atoms with Crippen molar-refractivity contribution >= 4 is 0 Å². The van der Waals surface area contributed by atoms with Gasteiger partial charge in [-0.1, -0.05) is 23.8 Å². The molecule has 21 heavy (non-hydrogen) atoms. The van der Waals surface area contributed by atoms with E-state index in [1.54, 1.807) is 7.11 Å². The topological polar surface area (TPSA) is 58.9 Å². The minimum Gasteiger partial charge on any atom is -0.497 e. The quantitative estimate of drug-likeness (QED) is 0.688. The summed E-state index contributed by atoms with van der Waals surface area (Å²) in [5.74, 6) is 0.791. The SMILES string of the molecule is COc1ccc(CO[C@H](CO)[C@H](O)CCC=C(C)C)cc1. The van der Waals surface area contributed by atoms with E-state index in [-0.39, 0.29) is 6.61 Å². The Hall–Kier alpha value is -1.36. The van der Waals surface area contributed by atoms with Gasteiger partial charge < -0.3 is 19.7 Å². The van der Waals surface area contributed by atoms with Gasteiger partial charge in [-0.25, -0.2) is 0 Å². The first kappa shape index (κ1) is 17.7. The van der Waals surface area contributed by atoms with Crippen LogP contribution in [0.25, 0.3) is 0 Å². The van der Waals surface area contributed by atoms with Crippen molar-refractivity contribution in [1.82, 2.24) is 0 Å². The van der Waals surface area contributed by atoms with Gasteiger partial charge >= 0.3 is 0 Å². The van der Waals surface area contributed by atoms with Gasteiger partial charge in [0.15, 0.2) is 0 Å². The highest BCUT2D eigenvalue weighted by Crippen LogP contribution is 2.14. The molecule has 0 spiro atoms. The number of hydrogen-bond acceptors (Lipinski definition) is 4. The van der Waals surface area contributed by atoms with Gasteiger partial charge in [0, 0.05) is 0 Å². The number of hydrogen-bond donors (Lipinski definition) is 2. The largest absolute Gasteiger partial charge is 0.497 e. The summed E-state index contributed by atoms with van der Waals surface area (Å²) in [6, 6.07) is 7.53. The van der Waals surface area contributed by atoms with Gasteiger partial charge in [-0.05, 0) is 44.4 Å². The van der Waals surface area contributed by atoms with E-state index in [1.165, 1.54) is 5.57 Å². The first-order valence-corrected chi connectivity index (χ1v) is 7.23. The Morgan fingerprint density at radius 1 is 1.24 bits per heavy atom. The summed E-state index contributed by atoms with van der Waals surface area (Å²) in [4.78, 5) is 0. The first-order chi connectivity index (χ1) is 10.1. The molecule has 0 aliphatic heterocycles. The van der Waals surface area contributed by atoms with E-state index in [9.17, 15) is 10.2 Å². The predicted octanol–water partition coefficient (Wildman–Crippen LogP) is 2.68. The van der Waals surface area contributed by atoms with E-state index in [2.05, 4.69) is 6.08 Å². The Labute approximate surface area is 127 Å². The normalized spacial score (nSPS) is 13.6. The Bertz CT molecular complexity index is 421. The molecule has 2 atom stereocenters. The standard InChI is InChI=1S/C17H26O4/c1-13(2)5-4-6-16(19)17(11-18)21-12-14-7-9-15(20-3)10-8-14/h5,7-10,16-19H,4,6,11-12H2,1-3H3/t16-,17-/m1/s1. The van der Waals surface area contributed by atoms with E-state index < -0.39 is 12.2 Å². The lowest BCUT2D eigenvalue weighted by Gasteiger charge is -2.21. The average molecular weight is 294 g/mol. The minimum absolute atomic E-state index is 0.188. The smallest absolute Gasteiger partial charge is 0.118 e. The molecule has 4 nitrogen and oxygen atoms in total. The number of aliphatic hydroxyl groups excluding tert-OH is 2. The third-order valence-electron chi connectivity index (χ3n) is 3.25. The third kappa shape index (κ3) is 6.76. The predicted molar refractivity (Wildman–Crippen MR) is 83.3 cm³/mol. The van der Waals surface area contributed by atoms with Gasteiger partial charge in [0.2, 0.25) is 0 Å². The number of allylic oxidation sites excluding steroid dienone is 2. The molecule has 0 amide bonds. The van der Waals surface area contributed by atoms with Crippen molar-refractivity contribution in [1.29, 1.82) is 0 Å². The molecule has 0 saturated carbocycles. The minimum atomic E-state index is -0.663. The molecule has 1 aromatic carbocycles. The average Bonchev–Trinajstić information content (AvgIpc) is 2.48. The summed E-state index contributed by atoms with van der Waals surface area (Å²) in [6.07, 6.45) is 2.22. The monoisotopic (exact) mass is 294 g/mol. The van der Waals surface area contributed by atoms with E-state index in [4.69, 9.17) is 9.47 Å². The van der Waals surface area contributed by atoms with Crippen molar-refractivity contribution in [3.8, 4) is 5.75 Å². The van der Waals surface area contributed by atoms with Gasteiger partial charge in [-0.2, -0.15) is 0 Å². The van der Waals surface area contributed by atoms with Gasteiger partial charge in [0.1, 0.15) is 11.9 Å². The third-order valence-corrected chi connectivity index (χ3v) is 3.25. The zero-order valence-electron chi connectivity index (χ0n) is 13.1. The molecule has 0 heterocycles. The second-order valence-corrected chi connectivity index (χ2v) is 5.31. The van der Waals surface area contributed by atoms with Crippen LogP contribution in [-0.4, -0.2) is 36.1 Å². The zero-order chi connectivity index (χ0) is 15.7. The van der Waals surface area contributed by atoms with E-state index in [0.717, 1.165) is 17.7 Å². The van der Waals surface area contributed by atoms with Crippen molar-refractivity contribution in [3.05, 3.63) is 41.5 Å². The van der Waals surface area contributed by atoms with Gasteiger partial charge in [-0.3, -0.25) is 0 Å². The lowest BCUT2D eigenvalue weighted by Crippen LogP contribution is -2.32. The molecule has 0 fully saturated rings. The van der Waals surface area contributed by atoms with Gasteiger partial charge in [0.05, 0.1) is 26.4 Å². The molecule has 0 radical (unpaired) electrons. The van der Waals surface area contributed by atoms with E-state index in [0.29, 0.717) is 13.0 Å². The summed E-state index contributed by atoms with van der Waals surface area (Å²) < 4.78 is 10.7. The second kappa shape index (κ2) is 9.55. The maximum absolute atomic E-state index is 10.0. The van der Waals surface area contributed by atoms with Crippen LogP contribution < -0.4 is 4.74 Å². The molecule has 2 N–H and O–H groups in total. The molecule has 118 valence electrons. The zero-order valence-corrected chi connectivity index (χ0v) is 13.1. The number of methoxy groups -OCH3 is 1. The Kier molecular flexibility index (Phi) is 8.05. The molecular formula is C17H26O4. The van der Waals surface area contributed by atoms with Crippen LogP contribution in [0.1, 0.15) is 32.3 Å². The first-order valence-electron chi connectivity index (χ1n) is 7.23. The second-order valence-electron chi connectivity index (χ2n) is 5.31. The highest BCUT2D eigenvalue weighted by atomic mass is 16.5. The molecule has 0 aliphatic carbocycles. The summed E-state index contributed by atoms with van der Waals surface area (Å²) in [7, 11) is 1.62. The fraction of sp³-hybridized carbons (Fsp3) is 0.529. The van der Waals surface area contributed by atoms with Crippen molar-refractivity contribution in [2.75, 3.05) is 13.7 Å². The van der Waals surface area contributed by atoms with Crippen LogP contribution in [-0.2, 0) is 11.3 Å². The van der Waals surface area contributed by atoms with Crippen molar-refractivity contribution in [3.63, 3.8) is 0 Å². The molecule has 0 aliphatic rings. The van der Waals surface area contributed by atoms with E-state index in [1.807, 2.05) is 38.1 Å². The number of ether oxygens (including phenoxy) is 2. The Balaban J connectivity index is 2.43. The van der Waals surface area contributed by atoms with Crippen LogP contribution in [0.2, 0.25) is 0 Å². The summed E-state index contributed by atoms with van der Waals surface area (Å²) in [6.45, 7) is 4.22. The molecule has 4 heteroatoms. The van der Waals surface area contributed by atoms with Crippen LogP contribution >= 0.6 is 0 Å². The molecule has 0 unspecified atom stereocenters. The van der Waals surface area contributed by atoms with Gasteiger partial charge in [0.25, 0.3) is 0 Å². The van der Waals surface area contributed by atoms with Crippen LogP contribution in [0.4, 0.5) is 0 Å². The van der Waals surface area contributed by atoms with Crippen LogP contribution in [0.5, 0.6) is 5.75 Å². The molecular weight excluding hydrogens is 268 g/mol. The van der Waals surface area contributed by atoms with Crippen molar-refractivity contribution < 1.29 is 19.7 Å². The fourth-order valence-corrected chi connectivity index (χ4v) is 1.94. The van der Waals surface area contributed by atoms with Crippen molar-refractivity contribution in [2.24, 2.45) is 0 Å². The summed E-state index contributed by atoms with van der Waals surface area (Å²) in [5, 5.41) is 19.4. The molecule has 0 bridgehead atoms. The summed E-state index contributed by atoms with van der Waals surface area (Å²) in [5.41, 5.74) is 2.20. The maximum atomic E-state index is 10.0. The lowest BCUT2D eigenvalue weighted by molar-refractivity contribution is -0.0726. The molecule has 1 aromatic rings. The highest BCUT2D eigenvalue weighted by molar-refractivity contribution is 5.26. The van der Waals surface area contributed by atoms with Crippen LogP contribution in [0.3, 0.4) is 0 Å². The maximum Gasteiger partial charge on any atom is 0.118 e. The number of rotatable bonds is 9. The highest BCUT2D eigenvalue weighted by Gasteiger charge is 2.18.